The van der Waals surface area contributed by atoms with Gasteiger partial charge < -0.3 is 5.32 Å². The average Bonchev–Trinajstić information content (AvgIpc) is 2.47. The van der Waals surface area contributed by atoms with Gasteiger partial charge in [-0.25, -0.2) is 0 Å². The molecule has 1 N–H and O–H groups in total. The van der Waals surface area contributed by atoms with Gasteiger partial charge in [0, 0.05) is 17.6 Å². The first-order valence-corrected chi connectivity index (χ1v) is 7.34. The van der Waals surface area contributed by atoms with Crippen LogP contribution < -0.4 is 5.32 Å². The third-order valence-corrected chi connectivity index (χ3v) is 3.85. The smallest absolute Gasteiger partial charge is 0.244 e. The van der Waals surface area contributed by atoms with Crippen molar-refractivity contribution in [3.8, 4) is 0 Å². The van der Waals surface area contributed by atoms with E-state index >= 15 is 0 Å². The Morgan fingerprint density at radius 1 is 1.00 bits per heavy atom. The molecule has 0 saturated heterocycles. The summed E-state index contributed by atoms with van der Waals surface area (Å²) in [5, 5.41) is 4.33. The molecule has 5 heteroatoms. The van der Waals surface area contributed by atoms with Crippen molar-refractivity contribution in [3.05, 3.63) is 74.7 Å². The van der Waals surface area contributed by atoms with Crippen LogP contribution in [0.15, 0.2) is 48.5 Å². The van der Waals surface area contributed by atoms with E-state index in [4.69, 9.17) is 34.8 Å². The molecule has 2 nitrogen and oxygen atoms in total. The van der Waals surface area contributed by atoms with Crippen LogP contribution in [0.1, 0.15) is 11.1 Å². The maximum absolute atomic E-state index is 11.8. The Bertz CT molecular complexity index is 683. The van der Waals surface area contributed by atoms with E-state index in [1.807, 2.05) is 24.3 Å². The Hall–Kier alpha value is -1.48. The highest BCUT2D eigenvalue weighted by atomic mass is 35.5. The molecule has 0 unspecified atom stereocenters. The zero-order valence-corrected chi connectivity index (χ0v) is 13.2. The van der Waals surface area contributed by atoms with Crippen LogP contribution in [0.2, 0.25) is 15.1 Å². The lowest BCUT2D eigenvalue weighted by molar-refractivity contribution is -0.116. The first-order valence-electron chi connectivity index (χ1n) is 6.20. The SMILES string of the molecule is O=C(C=Cc1ccccc1Cl)NCc1ccc(Cl)c(Cl)c1. The van der Waals surface area contributed by atoms with Gasteiger partial charge in [-0.3, -0.25) is 4.79 Å². The van der Waals surface area contributed by atoms with E-state index in [1.54, 1.807) is 24.3 Å². The molecule has 108 valence electrons. The first kappa shape index (κ1) is 15.9. The molecule has 1 amide bonds. The van der Waals surface area contributed by atoms with E-state index in [0.29, 0.717) is 21.6 Å². The molecule has 0 spiro atoms. The number of halogens is 3. The lowest BCUT2D eigenvalue weighted by Crippen LogP contribution is -2.20. The Labute approximate surface area is 138 Å². The van der Waals surface area contributed by atoms with E-state index in [-0.39, 0.29) is 5.91 Å². The number of nitrogens with one attached hydrogen (secondary N) is 1. The highest BCUT2D eigenvalue weighted by Gasteiger charge is 2.01. The van der Waals surface area contributed by atoms with Gasteiger partial charge in [-0.05, 0) is 35.4 Å². The van der Waals surface area contributed by atoms with Crippen LogP contribution >= 0.6 is 34.8 Å². The van der Waals surface area contributed by atoms with Gasteiger partial charge in [0.1, 0.15) is 0 Å². The molecule has 0 aliphatic carbocycles. The summed E-state index contributed by atoms with van der Waals surface area (Å²) < 4.78 is 0. The largest absolute Gasteiger partial charge is 0.348 e. The molecule has 0 radical (unpaired) electrons. The molecule has 2 aromatic carbocycles. The number of carbonyl (C=O) groups excluding carboxylic acids is 1. The summed E-state index contributed by atoms with van der Waals surface area (Å²) in [5.74, 6) is -0.207. The van der Waals surface area contributed by atoms with Crippen molar-refractivity contribution >= 4 is 46.8 Å². The predicted molar refractivity (Wildman–Crippen MR) is 88.8 cm³/mol. The van der Waals surface area contributed by atoms with Gasteiger partial charge in [0.2, 0.25) is 5.91 Å². The second kappa shape index (κ2) is 7.51. The number of hydrogen-bond donors (Lipinski definition) is 1. The van der Waals surface area contributed by atoms with Gasteiger partial charge in [0.25, 0.3) is 0 Å². The number of carbonyl (C=O) groups is 1. The van der Waals surface area contributed by atoms with Crippen molar-refractivity contribution in [1.82, 2.24) is 5.32 Å². The summed E-state index contributed by atoms with van der Waals surface area (Å²) in [5.41, 5.74) is 1.67. The maximum Gasteiger partial charge on any atom is 0.244 e. The third kappa shape index (κ3) is 4.78. The molecule has 0 aliphatic heterocycles. The summed E-state index contributed by atoms with van der Waals surface area (Å²) in [4.78, 5) is 11.8. The second-order valence-corrected chi connectivity index (χ2v) is 5.54. The molecule has 0 fully saturated rings. The zero-order valence-electron chi connectivity index (χ0n) is 10.9. The van der Waals surface area contributed by atoms with Crippen molar-refractivity contribution in [2.45, 2.75) is 6.54 Å². The molecule has 0 aromatic heterocycles. The number of amides is 1. The minimum atomic E-state index is -0.207. The minimum Gasteiger partial charge on any atom is -0.348 e. The van der Waals surface area contributed by atoms with Crippen molar-refractivity contribution < 1.29 is 4.79 Å². The average molecular weight is 341 g/mol. The number of rotatable bonds is 4. The van der Waals surface area contributed by atoms with E-state index in [9.17, 15) is 4.79 Å². The maximum atomic E-state index is 11.8. The molecule has 0 heterocycles. The fourth-order valence-electron chi connectivity index (χ4n) is 1.67. The molecule has 2 rings (SSSR count). The first-order chi connectivity index (χ1) is 10.1. The summed E-state index contributed by atoms with van der Waals surface area (Å²) in [7, 11) is 0. The van der Waals surface area contributed by atoms with Crippen LogP contribution in [0, 0.1) is 0 Å². The van der Waals surface area contributed by atoms with Gasteiger partial charge in [0.05, 0.1) is 10.0 Å². The van der Waals surface area contributed by atoms with Crippen molar-refractivity contribution in [2.24, 2.45) is 0 Å². The summed E-state index contributed by atoms with van der Waals surface area (Å²) in [6, 6.07) is 12.5. The molecule has 0 aliphatic rings. The number of benzene rings is 2. The van der Waals surface area contributed by atoms with Crippen LogP contribution in [0.25, 0.3) is 6.08 Å². The summed E-state index contributed by atoms with van der Waals surface area (Å²) in [6.07, 6.45) is 3.12. The summed E-state index contributed by atoms with van der Waals surface area (Å²) >= 11 is 17.7. The van der Waals surface area contributed by atoms with Crippen molar-refractivity contribution in [3.63, 3.8) is 0 Å². The highest BCUT2D eigenvalue weighted by molar-refractivity contribution is 6.42. The second-order valence-electron chi connectivity index (χ2n) is 4.32. The van der Waals surface area contributed by atoms with Gasteiger partial charge >= 0.3 is 0 Å². The Balaban J connectivity index is 1.93. The van der Waals surface area contributed by atoms with Crippen LogP contribution in [0.3, 0.4) is 0 Å². The minimum absolute atomic E-state index is 0.207. The predicted octanol–water partition coefficient (Wildman–Crippen LogP) is 4.98. The fourth-order valence-corrected chi connectivity index (χ4v) is 2.19. The van der Waals surface area contributed by atoms with Crippen LogP contribution in [-0.4, -0.2) is 5.91 Å². The van der Waals surface area contributed by atoms with E-state index in [2.05, 4.69) is 5.32 Å². The molecular weight excluding hydrogens is 329 g/mol. The van der Waals surface area contributed by atoms with Crippen LogP contribution in [0.4, 0.5) is 0 Å². The topological polar surface area (TPSA) is 29.1 Å². The lowest BCUT2D eigenvalue weighted by Gasteiger charge is -2.04. The van der Waals surface area contributed by atoms with Gasteiger partial charge in [0.15, 0.2) is 0 Å². The zero-order chi connectivity index (χ0) is 15.2. The normalized spacial score (nSPS) is 10.8. The molecule has 21 heavy (non-hydrogen) atoms. The van der Waals surface area contributed by atoms with Crippen molar-refractivity contribution in [2.75, 3.05) is 0 Å². The molecule has 2 aromatic rings. The lowest BCUT2D eigenvalue weighted by atomic mass is 10.2. The van der Waals surface area contributed by atoms with Crippen LogP contribution in [0.5, 0.6) is 0 Å². The summed E-state index contributed by atoms with van der Waals surface area (Å²) in [6.45, 7) is 0.378. The molecular formula is C16H12Cl3NO. The van der Waals surface area contributed by atoms with E-state index in [0.717, 1.165) is 11.1 Å². The fraction of sp³-hybridized carbons (Fsp3) is 0.0625. The van der Waals surface area contributed by atoms with E-state index in [1.165, 1.54) is 6.08 Å². The standard InChI is InChI=1S/C16H12Cl3NO/c17-13-4-2-1-3-12(13)6-8-16(21)20-10-11-5-7-14(18)15(19)9-11/h1-9H,10H2,(H,20,21). The molecule has 0 bridgehead atoms. The van der Waals surface area contributed by atoms with Crippen LogP contribution in [-0.2, 0) is 11.3 Å². The molecule has 0 saturated carbocycles. The Kier molecular flexibility index (Phi) is 5.68. The molecule has 0 atom stereocenters. The van der Waals surface area contributed by atoms with Gasteiger partial charge in [-0.15, -0.1) is 0 Å². The van der Waals surface area contributed by atoms with Crippen molar-refractivity contribution in [1.29, 1.82) is 0 Å². The monoisotopic (exact) mass is 339 g/mol. The van der Waals surface area contributed by atoms with E-state index < -0.39 is 0 Å². The Morgan fingerprint density at radius 2 is 1.76 bits per heavy atom. The quantitative estimate of drug-likeness (QED) is 0.782. The number of hydrogen-bond acceptors (Lipinski definition) is 1. The highest BCUT2D eigenvalue weighted by Crippen LogP contribution is 2.22. The van der Waals surface area contributed by atoms with Gasteiger partial charge in [-0.1, -0.05) is 59.1 Å². The van der Waals surface area contributed by atoms with Gasteiger partial charge in [-0.2, -0.15) is 0 Å². The Morgan fingerprint density at radius 3 is 2.48 bits per heavy atom. The third-order valence-electron chi connectivity index (χ3n) is 2.77.